The van der Waals surface area contributed by atoms with Crippen molar-refractivity contribution in [2.45, 2.75) is 44.8 Å². The van der Waals surface area contributed by atoms with E-state index in [1.807, 2.05) is 53.4 Å². The van der Waals surface area contributed by atoms with Crippen LogP contribution in [0.25, 0.3) is 11.1 Å². The van der Waals surface area contributed by atoms with Crippen LogP contribution in [0.2, 0.25) is 0 Å². The van der Waals surface area contributed by atoms with Gasteiger partial charge in [-0.25, -0.2) is 19.4 Å². The number of carbonyl (C=O) groups is 5. The first-order valence-electron chi connectivity index (χ1n) is 19.6. The molecule has 59 heavy (non-hydrogen) atoms. The van der Waals surface area contributed by atoms with Crippen molar-refractivity contribution < 1.29 is 37.8 Å². The van der Waals surface area contributed by atoms with E-state index < -0.39 is 35.8 Å². The van der Waals surface area contributed by atoms with E-state index in [-0.39, 0.29) is 43.6 Å². The Morgan fingerprint density at radius 2 is 1.56 bits per heavy atom. The lowest BCUT2D eigenvalue weighted by Crippen LogP contribution is -2.49. The van der Waals surface area contributed by atoms with E-state index in [2.05, 4.69) is 16.2 Å². The lowest BCUT2D eigenvalue weighted by atomic mass is 9.98. The summed E-state index contributed by atoms with van der Waals surface area (Å²) in [5, 5.41) is 2.98. The third kappa shape index (κ3) is 9.42. The number of cyclic esters (lactones) is 1. The molecule has 2 atom stereocenters. The topological polar surface area (TPSA) is 150 Å². The van der Waals surface area contributed by atoms with Gasteiger partial charge in [-0.3, -0.25) is 19.3 Å². The third-order valence-electron chi connectivity index (χ3n) is 10.8. The van der Waals surface area contributed by atoms with Crippen molar-refractivity contribution in [3.8, 4) is 11.1 Å². The zero-order valence-electron chi connectivity index (χ0n) is 32.7. The number of halogens is 1. The molecule has 2 amide bonds. The Morgan fingerprint density at radius 1 is 0.898 bits per heavy atom. The van der Waals surface area contributed by atoms with Crippen LogP contribution in [0.15, 0.2) is 91.0 Å². The van der Waals surface area contributed by atoms with Crippen LogP contribution in [0.4, 0.5) is 26.2 Å². The molecule has 0 saturated carbocycles. The first-order chi connectivity index (χ1) is 28.5. The van der Waals surface area contributed by atoms with Crippen LogP contribution in [-0.4, -0.2) is 97.4 Å². The molecule has 3 N–H and O–H groups in total. The predicted octanol–water partition coefficient (Wildman–Crippen LogP) is 5.63. The van der Waals surface area contributed by atoms with Crippen LogP contribution in [0.1, 0.15) is 54.1 Å². The third-order valence-corrected chi connectivity index (χ3v) is 11.0. The summed E-state index contributed by atoms with van der Waals surface area (Å²) >= 11 is 5.02. The number of carbonyl (C=O) groups excluding carboxylic acids is 5. The molecular formula is C44H45FN6O7S. The van der Waals surface area contributed by atoms with Crippen LogP contribution in [0, 0.1) is 5.82 Å². The van der Waals surface area contributed by atoms with Crippen molar-refractivity contribution in [3.05, 3.63) is 114 Å². The summed E-state index contributed by atoms with van der Waals surface area (Å²) in [5.41, 5.74) is 11.8. The highest BCUT2D eigenvalue weighted by Gasteiger charge is 2.34. The molecule has 0 bridgehead atoms. The molecule has 0 radical (unpaired) electrons. The van der Waals surface area contributed by atoms with E-state index >= 15 is 4.39 Å². The van der Waals surface area contributed by atoms with Gasteiger partial charge in [-0.1, -0.05) is 60.7 Å². The Balaban J connectivity index is 0.817. The van der Waals surface area contributed by atoms with Crippen molar-refractivity contribution in [3.63, 3.8) is 0 Å². The number of Topliss-reactive ketones (excluding diaryl/α,β-unsaturated/α-hetero) is 2. The summed E-state index contributed by atoms with van der Waals surface area (Å²) in [5.74, 6) is -2.66. The van der Waals surface area contributed by atoms with Crippen molar-refractivity contribution in [1.82, 2.24) is 15.6 Å². The Kier molecular flexibility index (Phi) is 12.6. The predicted molar refractivity (Wildman–Crippen MR) is 225 cm³/mol. The number of thiocarbonyl (C=S) groups is 1. The number of rotatable bonds is 15. The first-order valence-corrected chi connectivity index (χ1v) is 20.0. The number of esters is 1. The lowest BCUT2D eigenvalue weighted by Gasteiger charge is -2.36. The summed E-state index contributed by atoms with van der Waals surface area (Å²) in [4.78, 5) is 69.5. The SMILES string of the molecule is CC(=S)NC[C@H]1CN(c2ccc(N3CCN(C(=O)CCC(=O)c4ccc(NN[C@H](C)C(=O)C(=O)OCC5c6ccccc6-c6ccccc65)cc4)CC3)c(F)c2)C(=O)O1. The van der Waals surface area contributed by atoms with E-state index in [1.165, 1.54) is 11.0 Å². The maximum absolute atomic E-state index is 15.3. The first kappa shape index (κ1) is 41.0. The van der Waals surface area contributed by atoms with Crippen LogP contribution in [0.3, 0.4) is 0 Å². The van der Waals surface area contributed by atoms with Gasteiger partial charge >= 0.3 is 12.1 Å². The summed E-state index contributed by atoms with van der Waals surface area (Å²) < 4.78 is 26.2. The largest absolute Gasteiger partial charge is 0.459 e. The van der Waals surface area contributed by atoms with E-state index in [1.54, 1.807) is 55.1 Å². The Bertz CT molecular complexity index is 2220. The number of nitrogens with zero attached hydrogens (tertiary/aromatic N) is 3. The van der Waals surface area contributed by atoms with Gasteiger partial charge < -0.3 is 30.0 Å². The van der Waals surface area contributed by atoms with Crippen LogP contribution in [-0.2, 0) is 23.9 Å². The van der Waals surface area contributed by atoms with Gasteiger partial charge in [0.05, 0.1) is 35.5 Å². The second-order valence-electron chi connectivity index (χ2n) is 14.7. The molecule has 7 rings (SSSR count). The monoisotopic (exact) mass is 820 g/mol. The normalized spacial score (nSPS) is 16.5. The fraction of sp³-hybridized carbons (Fsp3) is 0.318. The number of ether oxygens (including phenoxy) is 2. The molecule has 3 aliphatic rings. The lowest BCUT2D eigenvalue weighted by molar-refractivity contribution is -0.154. The minimum absolute atomic E-state index is 0.0206. The van der Waals surface area contributed by atoms with Gasteiger partial charge in [0.2, 0.25) is 5.91 Å². The smallest absolute Gasteiger partial charge is 0.414 e. The molecule has 15 heteroatoms. The summed E-state index contributed by atoms with van der Waals surface area (Å²) in [7, 11) is 0. The molecule has 0 unspecified atom stereocenters. The maximum atomic E-state index is 15.3. The Labute approximate surface area is 346 Å². The van der Waals surface area contributed by atoms with Crippen LogP contribution >= 0.6 is 12.2 Å². The number of fused-ring (bicyclic) bond motifs is 3. The molecule has 306 valence electrons. The van der Waals surface area contributed by atoms with Crippen molar-refractivity contribution in [2.24, 2.45) is 0 Å². The number of hydrogen-bond donors (Lipinski definition) is 3. The Morgan fingerprint density at radius 3 is 2.20 bits per heavy atom. The quantitative estimate of drug-likeness (QED) is 0.0449. The highest BCUT2D eigenvalue weighted by molar-refractivity contribution is 7.80. The van der Waals surface area contributed by atoms with Crippen molar-refractivity contribution in [1.29, 1.82) is 0 Å². The maximum Gasteiger partial charge on any atom is 0.414 e. The average molecular weight is 821 g/mol. The number of benzene rings is 4. The molecule has 2 saturated heterocycles. The number of anilines is 3. The number of hydrazine groups is 1. The molecule has 0 spiro atoms. The zero-order valence-corrected chi connectivity index (χ0v) is 33.6. The van der Waals surface area contributed by atoms with E-state index in [4.69, 9.17) is 21.7 Å². The van der Waals surface area contributed by atoms with Crippen molar-refractivity contribution >= 4 is 63.8 Å². The van der Waals surface area contributed by atoms with Gasteiger partial charge in [0.25, 0.3) is 5.78 Å². The summed E-state index contributed by atoms with van der Waals surface area (Å²) in [6, 6.07) is 26.2. The van der Waals surface area contributed by atoms with E-state index in [9.17, 15) is 24.0 Å². The molecule has 2 fully saturated rings. The van der Waals surface area contributed by atoms with Crippen molar-refractivity contribution in [2.75, 3.05) is 61.1 Å². The van der Waals surface area contributed by atoms with E-state index in [0.29, 0.717) is 60.3 Å². The number of ketones is 2. The number of amides is 2. The fourth-order valence-electron chi connectivity index (χ4n) is 7.58. The van der Waals surface area contributed by atoms with Gasteiger partial charge in [-0.15, -0.1) is 0 Å². The van der Waals surface area contributed by atoms with Gasteiger partial charge in [0.1, 0.15) is 18.5 Å². The molecule has 13 nitrogen and oxygen atoms in total. The highest BCUT2D eigenvalue weighted by atomic mass is 32.1. The number of piperazine rings is 1. The summed E-state index contributed by atoms with van der Waals surface area (Å²) in [6.07, 6.45) is -0.900. The second kappa shape index (κ2) is 18.2. The minimum atomic E-state index is -0.931. The summed E-state index contributed by atoms with van der Waals surface area (Å²) in [6.45, 7) is 5.54. The number of nitrogens with one attached hydrogen (secondary N) is 3. The van der Waals surface area contributed by atoms with Crippen LogP contribution in [0.5, 0.6) is 0 Å². The second-order valence-corrected chi connectivity index (χ2v) is 15.4. The molecule has 4 aromatic rings. The highest BCUT2D eigenvalue weighted by Crippen LogP contribution is 2.44. The van der Waals surface area contributed by atoms with Gasteiger partial charge in [0.15, 0.2) is 5.78 Å². The molecule has 1 aliphatic carbocycles. The zero-order chi connectivity index (χ0) is 41.6. The molecule has 0 aromatic heterocycles. The fourth-order valence-corrected chi connectivity index (χ4v) is 7.66. The molecular weight excluding hydrogens is 776 g/mol. The standard InChI is InChI=1S/C44H45FN6O7S/c1-27(42(54)43(55)57-26-37-35-9-5-3-7-33(35)34-8-4-6-10-36(34)37)47-48-30-13-11-29(12-14-30)40(52)17-18-41(53)50-21-19-49(20-22-50)39-16-15-31(23-38(39)45)51-25-32(58-44(51)56)24-46-28(2)59/h3-16,23,27,32,37,47-48H,17-22,24-26H2,1-2H3,(H,46,59)/t27-,32+/m1/s1. The minimum Gasteiger partial charge on any atom is -0.459 e. The average Bonchev–Trinajstić information content (AvgIpc) is 3.79. The van der Waals surface area contributed by atoms with Gasteiger partial charge in [-0.05, 0) is 78.6 Å². The van der Waals surface area contributed by atoms with Gasteiger partial charge in [-0.2, -0.15) is 0 Å². The molecule has 2 heterocycles. The molecule has 4 aromatic carbocycles. The Hall–Kier alpha value is -6.19. The molecule has 2 aliphatic heterocycles. The van der Waals surface area contributed by atoms with Gasteiger partial charge in [0, 0.05) is 56.2 Å². The number of hydrogen-bond acceptors (Lipinski definition) is 11. The van der Waals surface area contributed by atoms with Crippen LogP contribution < -0.4 is 26.0 Å². The van der Waals surface area contributed by atoms with E-state index in [0.717, 1.165) is 22.3 Å².